The van der Waals surface area contributed by atoms with Crippen LogP contribution in [0.1, 0.15) is 19.3 Å². The fourth-order valence-electron chi connectivity index (χ4n) is 3.88. The third kappa shape index (κ3) is 1.11. The molecule has 1 amide bonds. The second kappa shape index (κ2) is 2.96. The van der Waals surface area contributed by atoms with Gasteiger partial charge in [-0.1, -0.05) is 0 Å². The summed E-state index contributed by atoms with van der Waals surface area (Å²) in [6, 6.07) is 0.504. The standard InChI is InChI=1S/C11H17NO2/c1-14-5-8(13)12-11-9-6-2-3-7(4-6)10(9)11/h6-7,9-11H,2-5H2,1H3,(H,12,13). The average Bonchev–Trinajstić information content (AvgIpc) is 2.60. The molecular weight excluding hydrogens is 178 g/mol. The maximum atomic E-state index is 11.3. The molecule has 3 fully saturated rings. The number of rotatable bonds is 3. The van der Waals surface area contributed by atoms with E-state index in [1.54, 1.807) is 7.11 Å². The van der Waals surface area contributed by atoms with Crippen LogP contribution in [0.3, 0.4) is 0 Å². The molecule has 78 valence electrons. The number of ether oxygens (including phenoxy) is 1. The summed E-state index contributed by atoms with van der Waals surface area (Å²) in [5.74, 6) is 3.58. The molecule has 0 aliphatic heterocycles. The zero-order valence-electron chi connectivity index (χ0n) is 8.53. The molecule has 0 aromatic rings. The van der Waals surface area contributed by atoms with Crippen LogP contribution < -0.4 is 5.32 Å². The highest BCUT2D eigenvalue weighted by Crippen LogP contribution is 2.65. The number of hydrogen-bond acceptors (Lipinski definition) is 2. The van der Waals surface area contributed by atoms with Gasteiger partial charge in [0.05, 0.1) is 0 Å². The van der Waals surface area contributed by atoms with E-state index in [1.165, 1.54) is 19.3 Å². The van der Waals surface area contributed by atoms with Crippen LogP contribution >= 0.6 is 0 Å². The minimum absolute atomic E-state index is 0.0614. The van der Waals surface area contributed by atoms with Gasteiger partial charge in [0.2, 0.25) is 5.91 Å². The molecule has 0 heterocycles. The fraction of sp³-hybridized carbons (Fsp3) is 0.909. The maximum absolute atomic E-state index is 11.3. The van der Waals surface area contributed by atoms with Crippen molar-refractivity contribution in [3.05, 3.63) is 0 Å². The van der Waals surface area contributed by atoms with E-state index in [4.69, 9.17) is 4.74 Å². The van der Waals surface area contributed by atoms with Gasteiger partial charge in [-0.05, 0) is 42.9 Å². The molecule has 0 spiro atoms. The van der Waals surface area contributed by atoms with E-state index in [0.717, 1.165) is 23.7 Å². The number of methoxy groups -OCH3 is 1. The molecule has 3 aliphatic rings. The Morgan fingerprint density at radius 2 is 2.00 bits per heavy atom. The molecular formula is C11H17NO2. The molecule has 4 unspecified atom stereocenters. The summed E-state index contributed by atoms with van der Waals surface area (Å²) in [5, 5.41) is 3.09. The fourth-order valence-corrected chi connectivity index (χ4v) is 3.88. The first kappa shape index (κ1) is 8.72. The summed E-state index contributed by atoms with van der Waals surface area (Å²) in [6.07, 6.45) is 4.25. The van der Waals surface area contributed by atoms with Crippen molar-refractivity contribution in [1.29, 1.82) is 0 Å². The van der Waals surface area contributed by atoms with Gasteiger partial charge in [0.1, 0.15) is 6.61 Å². The number of hydrogen-bond donors (Lipinski definition) is 1. The predicted octanol–water partition coefficient (Wildman–Crippen LogP) is 0.793. The Hall–Kier alpha value is -0.570. The predicted molar refractivity (Wildman–Crippen MR) is 51.6 cm³/mol. The number of carbonyl (C=O) groups is 1. The molecule has 0 saturated heterocycles. The third-order valence-corrected chi connectivity index (χ3v) is 4.34. The Bertz CT molecular complexity index is 250. The molecule has 3 nitrogen and oxygen atoms in total. The van der Waals surface area contributed by atoms with E-state index in [2.05, 4.69) is 5.32 Å². The Kier molecular flexibility index (Phi) is 1.84. The molecule has 0 aromatic heterocycles. The van der Waals surface area contributed by atoms with Gasteiger partial charge < -0.3 is 10.1 Å². The largest absolute Gasteiger partial charge is 0.375 e. The average molecular weight is 195 g/mol. The van der Waals surface area contributed by atoms with Crippen molar-refractivity contribution < 1.29 is 9.53 Å². The van der Waals surface area contributed by atoms with Crippen LogP contribution in [0.25, 0.3) is 0 Å². The monoisotopic (exact) mass is 195 g/mol. The van der Waals surface area contributed by atoms with Crippen LogP contribution in [0.5, 0.6) is 0 Å². The van der Waals surface area contributed by atoms with Gasteiger partial charge in [-0.3, -0.25) is 4.79 Å². The van der Waals surface area contributed by atoms with E-state index in [1.807, 2.05) is 0 Å². The van der Waals surface area contributed by atoms with Crippen LogP contribution in [0, 0.1) is 23.7 Å². The molecule has 3 rings (SSSR count). The van der Waals surface area contributed by atoms with Crippen molar-refractivity contribution in [2.24, 2.45) is 23.7 Å². The lowest BCUT2D eigenvalue weighted by Gasteiger charge is -2.09. The third-order valence-electron chi connectivity index (χ3n) is 4.34. The van der Waals surface area contributed by atoms with Crippen molar-refractivity contribution in [2.45, 2.75) is 25.3 Å². The number of amides is 1. The Morgan fingerprint density at radius 3 is 2.57 bits per heavy atom. The molecule has 0 aromatic carbocycles. The van der Waals surface area contributed by atoms with Gasteiger partial charge >= 0.3 is 0 Å². The van der Waals surface area contributed by atoms with E-state index in [9.17, 15) is 4.79 Å². The SMILES string of the molecule is COCC(=O)NC1C2C3CCC(C3)C12. The second-order valence-corrected chi connectivity index (χ2v) is 5.01. The number of carbonyl (C=O) groups excluding carboxylic acids is 1. The van der Waals surface area contributed by atoms with Gasteiger partial charge in [-0.15, -0.1) is 0 Å². The summed E-state index contributed by atoms with van der Waals surface area (Å²) in [5.41, 5.74) is 0. The Labute approximate surface area is 84.2 Å². The summed E-state index contributed by atoms with van der Waals surface area (Å²) in [7, 11) is 1.57. The van der Waals surface area contributed by atoms with E-state index in [-0.39, 0.29) is 12.5 Å². The lowest BCUT2D eigenvalue weighted by molar-refractivity contribution is -0.125. The lowest BCUT2D eigenvalue weighted by atomic mass is 10.0. The van der Waals surface area contributed by atoms with Crippen molar-refractivity contribution in [3.63, 3.8) is 0 Å². The van der Waals surface area contributed by atoms with Crippen LogP contribution in [0.15, 0.2) is 0 Å². The zero-order chi connectivity index (χ0) is 9.71. The molecule has 1 N–H and O–H groups in total. The quantitative estimate of drug-likeness (QED) is 0.723. The first-order valence-corrected chi connectivity index (χ1v) is 5.59. The van der Waals surface area contributed by atoms with Crippen LogP contribution in [0.2, 0.25) is 0 Å². The van der Waals surface area contributed by atoms with E-state index >= 15 is 0 Å². The van der Waals surface area contributed by atoms with Crippen molar-refractivity contribution in [3.8, 4) is 0 Å². The highest BCUT2D eigenvalue weighted by atomic mass is 16.5. The van der Waals surface area contributed by atoms with E-state index in [0.29, 0.717) is 6.04 Å². The molecule has 0 radical (unpaired) electrons. The van der Waals surface area contributed by atoms with Gasteiger partial charge in [0.25, 0.3) is 0 Å². The normalized spacial score (nSPS) is 47.6. The Morgan fingerprint density at radius 1 is 1.36 bits per heavy atom. The van der Waals surface area contributed by atoms with Gasteiger partial charge in [-0.25, -0.2) is 0 Å². The maximum Gasteiger partial charge on any atom is 0.246 e. The smallest absolute Gasteiger partial charge is 0.246 e. The summed E-state index contributed by atoms with van der Waals surface area (Å²) in [4.78, 5) is 11.3. The van der Waals surface area contributed by atoms with Crippen LogP contribution in [0.4, 0.5) is 0 Å². The van der Waals surface area contributed by atoms with Crippen molar-refractivity contribution in [1.82, 2.24) is 5.32 Å². The van der Waals surface area contributed by atoms with Gasteiger partial charge in [-0.2, -0.15) is 0 Å². The van der Waals surface area contributed by atoms with Crippen molar-refractivity contribution >= 4 is 5.91 Å². The van der Waals surface area contributed by atoms with Gasteiger partial charge in [0, 0.05) is 13.2 Å². The first-order valence-electron chi connectivity index (χ1n) is 5.59. The number of fused-ring (bicyclic) bond motifs is 5. The summed E-state index contributed by atoms with van der Waals surface area (Å²) < 4.78 is 4.81. The van der Waals surface area contributed by atoms with E-state index < -0.39 is 0 Å². The van der Waals surface area contributed by atoms with Crippen molar-refractivity contribution in [2.75, 3.05) is 13.7 Å². The first-order chi connectivity index (χ1) is 6.81. The zero-order valence-corrected chi connectivity index (χ0v) is 8.53. The highest BCUT2D eigenvalue weighted by Gasteiger charge is 2.65. The minimum atomic E-state index is 0.0614. The highest BCUT2D eigenvalue weighted by molar-refractivity contribution is 5.78. The topological polar surface area (TPSA) is 38.3 Å². The minimum Gasteiger partial charge on any atom is -0.375 e. The number of nitrogens with one attached hydrogen (secondary N) is 1. The molecule has 2 bridgehead atoms. The van der Waals surface area contributed by atoms with Crippen LogP contribution in [-0.4, -0.2) is 25.7 Å². The molecule has 3 saturated carbocycles. The molecule has 3 heteroatoms. The van der Waals surface area contributed by atoms with Gasteiger partial charge in [0.15, 0.2) is 0 Å². The Balaban J connectivity index is 1.56. The molecule has 4 atom stereocenters. The molecule has 3 aliphatic carbocycles. The second-order valence-electron chi connectivity index (χ2n) is 5.01. The molecule has 14 heavy (non-hydrogen) atoms. The summed E-state index contributed by atoms with van der Waals surface area (Å²) >= 11 is 0. The van der Waals surface area contributed by atoms with Crippen LogP contribution in [-0.2, 0) is 9.53 Å². The summed E-state index contributed by atoms with van der Waals surface area (Å²) in [6.45, 7) is 0.214. The lowest BCUT2D eigenvalue weighted by Crippen LogP contribution is -2.32.